The number of nitrogen functional groups attached to an aromatic ring is 1. The van der Waals surface area contributed by atoms with Crippen molar-refractivity contribution in [2.24, 2.45) is 5.16 Å². The summed E-state index contributed by atoms with van der Waals surface area (Å²) in [4.78, 5) is 53.0. The SMILES string of the molecule is Nc1nc(/C(=N/O)C(=O)N[C@@H]2C(=O)N3C(C(=O)[O-])=C(/C=C\c4cc(=O)[nH]o4)CS[C@H]23)c(Cl)s1.[Na+]. The summed E-state index contributed by atoms with van der Waals surface area (Å²) in [6.07, 6.45) is 2.76. The van der Waals surface area contributed by atoms with Gasteiger partial charge in [-0.25, -0.2) is 4.98 Å². The molecule has 2 aromatic rings. The van der Waals surface area contributed by atoms with Gasteiger partial charge in [0.15, 0.2) is 16.6 Å². The minimum Gasteiger partial charge on any atom is -0.543 e. The fourth-order valence-corrected chi connectivity index (χ4v) is 5.44. The molecular weight excluding hydrogens is 523 g/mol. The molecule has 4 rings (SSSR count). The van der Waals surface area contributed by atoms with E-state index in [4.69, 9.17) is 21.9 Å². The van der Waals surface area contributed by atoms with Crippen LogP contribution < -0.4 is 51.3 Å². The molecule has 0 saturated carbocycles. The van der Waals surface area contributed by atoms with Crippen molar-refractivity contribution in [3.63, 3.8) is 0 Å². The number of hydrogen-bond acceptors (Lipinski definition) is 12. The molecule has 2 aromatic heterocycles. The topological polar surface area (TPSA) is 207 Å². The minimum absolute atomic E-state index is 0. The minimum atomic E-state index is -1.59. The predicted octanol–water partition coefficient (Wildman–Crippen LogP) is -4.04. The number of nitrogens with two attached hydrogens (primary N) is 1. The largest absolute Gasteiger partial charge is 1.00 e. The fraction of sp³-hybridized carbons (Fsp3) is 0.176. The number of anilines is 1. The predicted molar refractivity (Wildman–Crippen MR) is 115 cm³/mol. The number of hydrogen-bond donors (Lipinski definition) is 4. The Morgan fingerprint density at radius 3 is 2.74 bits per heavy atom. The number of carboxylic acid groups (broad SMARTS) is 1. The number of carbonyl (C=O) groups excluding carboxylic acids is 3. The van der Waals surface area contributed by atoms with E-state index in [1.54, 1.807) is 0 Å². The van der Waals surface area contributed by atoms with E-state index in [2.05, 4.69) is 20.6 Å². The van der Waals surface area contributed by atoms with Crippen molar-refractivity contribution in [2.45, 2.75) is 11.4 Å². The van der Waals surface area contributed by atoms with Crippen LogP contribution in [0, 0.1) is 0 Å². The summed E-state index contributed by atoms with van der Waals surface area (Å²) >= 11 is 8.00. The zero-order chi connectivity index (χ0) is 23.9. The van der Waals surface area contributed by atoms with Crippen molar-refractivity contribution in [1.82, 2.24) is 20.4 Å². The molecule has 0 spiro atoms. The quantitative estimate of drug-likeness (QED) is 0.0927. The van der Waals surface area contributed by atoms with Crippen molar-refractivity contribution in [2.75, 3.05) is 11.5 Å². The van der Waals surface area contributed by atoms with E-state index in [1.165, 1.54) is 23.9 Å². The van der Waals surface area contributed by atoms with Gasteiger partial charge in [-0.05, 0) is 11.6 Å². The van der Waals surface area contributed by atoms with Crippen LogP contribution in [0.25, 0.3) is 6.08 Å². The molecule has 0 aliphatic carbocycles. The molecule has 34 heavy (non-hydrogen) atoms. The van der Waals surface area contributed by atoms with Crippen LogP contribution in [0.5, 0.6) is 0 Å². The van der Waals surface area contributed by atoms with Gasteiger partial charge in [0.1, 0.15) is 21.4 Å². The Morgan fingerprint density at radius 2 is 2.18 bits per heavy atom. The Hall–Kier alpha value is -2.56. The molecule has 17 heteroatoms. The van der Waals surface area contributed by atoms with E-state index in [0.717, 1.165) is 22.3 Å². The number of oxime groups is 1. The van der Waals surface area contributed by atoms with E-state index in [1.807, 2.05) is 0 Å². The molecule has 1 saturated heterocycles. The number of carbonyl (C=O) groups is 3. The summed E-state index contributed by atoms with van der Waals surface area (Å²) in [6.45, 7) is 0. The van der Waals surface area contributed by atoms with Crippen molar-refractivity contribution in [1.29, 1.82) is 0 Å². The molecule has 13 nitrogen and oxygen atoms in total. The summed E-state index contributed by atoms with van der Waals surface area (Å²) in [5.74, 6) is -2.93. The number of aromatic amines is 1. The van der Waals surface area contributed by atoms with Gasteiger partial charge in [0, 0.05) is 5.75 Å². The van der Waals surface area contributed by atoms with Crippen molar-refractivity contribution < 1.29 is 58.8 Å². The number of aromatic nitrogens is 2. The summed E-state index contributed by atoms with van der Waals surface area (Å²) in [5, 5.41) is 27.7. The van der Waals surface area contributed by atoms with Crippen LogP contribution in [0.2, 0.25) is 4.34 Å². The number of nitrogens with one attached hydrogen (secondary N) is 2. The van der Waals surface area contributed by atoms with Gasteiger partial charge in [-0.15, -0.1) is 11.8 Å². The maximum atomic E-state index is 12.7. The molecule has 0 aromatic carbocycles. The zero-order valence-corrected chi connectivity index (χ0v) is 21.5. The Kier molecular flexibility index (Phi) is 7.95. The molecule has 2 aliphatic heterocycles. The van der Waals surface area contributed by atoms with Gasteiger partial charge in [-0.1, -0.05) is 34.2 Å². The molecule has 172 valence electrons. The number of thioether (sulfide) groups is 1. The fourth-order valence-electron chi connectivity index (χ4n) is 3.20. The first-order valence-electron chi connectivity index (χ1n) is 8.92. The third-order valence-electron chi connectivity index (χ3n) is 4.61. The van der Waals surface area contributed by atoms with Crippen LogP contribution >= 0.6 is 34.7 Å². The van der Waals surface area contributed by atoms with E-state index in [-0.39, 0.29) is 67.5 Å². The summed E-state index contributed by atoms with van der Waals surface area (Å²) in [6, 6.07) is 0.0637. The van der Waals surface area contributed by atoms with Crippen LogP contribution in [-0.2, 0) is 14.4 Å². The number of nitrogens with zero attached hydrogens (tertiary/aromatic N) is 3. The van der Waals surface area contributed by atoms with Crippen LogP contribution in [0.15, 0.2) is 37.9 Å². The first-order valence-corrected chi connectivity index (χ1v) is 11.2. The molecule has 2 atom stereocenters. The normalized spacial score (nSPS) is 20.1. The van der Waals surface area contributed by atoms with Crippen LogP contribution in [-0.4, -0.2) is 60.9 Å². The number of amides is 2. The standard InChI is InChI=1S/C17H13ClN6O7S2.Na/c18-12-8(21-17(19)33-12)9(22-30)13(26)20-10-14(27)24-11(16(28)29)5(4-32-15(10)24)1-2-6-3-7(25)23-31-6;/h1-3,10,15,30H,4H2,(H2,19,21)(H,20,26)(H,23,25)(H,28,29);/q;+1/p-1/b2-1-,22-9-;/t10-,15-;/m1./s1. The van der Waals surface area contributed by atoms with Gasteiger partial charge in [0.25, 0.3) is 17.4 Å². The molecule has 0 bridgehead atoms. The number of rotatable bonds is 6. The van der Waals surface area contributed by atoms with Gasteiger partial charge >= 0.3 is 29.6 Å². The van der Waals surface area contributed by atoms with E-state index < -0.39 is 40.5 Å². The molecule has 2 aliphatic rings. The number of allylic oxidation sites excluding steroid dienone is 1. The maximum Gasteiger partial charge on any atom is 1.00 e. The Bertz CT molecular complexity index is 1320. The molecule has 0 radical (unpaired) electrons. The Labute approximate surface area is 225 Å². The van der Waals surface area contributed by atoms with Crippen LogP contribution in [0.1, 0.15) is 11.5 Å². The molecular formula is C17H12ClN6NaO7S2. The third-order valence-corrected chi connectivity index (χ3v) is 7.00. The Morgan fingerprint density at radius 1 is 1.44 bits per heavy atom. The third kappa shape index (κ3) is 4.80. The average molecular weight is 535 g/mol. The van der Waals surface area contributed by atoms with Gasteiger partial charge < -0.3 is 30.7 Å². The molecule has 4 heterocycles. The average Bonchev–Trinajstić information content (AvgIpc) is 3.34. The number of carboxylic acids is 1. The van der Waals surface area contributed by atoms with Crippen molar-refractivity contribution in [3.05, 3.63) is 49.6 Å². The van der Waals surface area contributed by atoms with Gasteiger partial charge in [-0.2, -0.15) is 5.16 Å². The smallest absolute Gasteiger partial charge is 0.543 e. The van der Waals surface area contributed by atoms with Gasteiger partial charge in [0.05, 0.1) is 17.7 Å². The Balaban J connectivity index is 0.00000324. The summed E-state index contributed by atoms with van der Waals surface area (Å²) in [7, 11) is 0. The summed E-state index contributed by atoms with van der Waals surface area (Å²) < 4.78 is 4.89. The first-order chi connectivity index (χ1) is 15.7. The summed E-state index contributed by atoms with van der Waals surface area (Å²) in [5.41, 5.74) is 4.25. The number of halogens is 1. The number of β-lactam (4-membered cyclic amide) rings is 1. The second-order valence-electron chi connectivity index (χ2n) is 6.59. The molecule has 2 amide bonds. The van der Waals surface area contributed by atoms with Crippen LogP contribution in [0.3, 0.4) is 0 Å². The number of aliphatic carboxylic acids is 1. The zero-order valence-electron chi connectivity index (χ0n) is 17.1. The van der Waals surface area contributed by atoms with Crippen molar-refractivity contribution in [3.8, 4) is 0 Å². The second kappa shape index (κ2) is 10.4. The first kappa shape index (κ1) is 26.1. The monoisotopic (exact) mass is 534 g/mol. The van der Waals surface area contributed by atoms with Crippen molar-refractivity contribution >= 4 is 69.4 Å². The number of fused-ring (bicyclic) bond motifs is 1. The number of thiazole rings is 1. The number of H-pyrrole nitrogens is 1. The van der Waals surface area contributed by atoms with Gasteiger partial charge in [-0.3, -0.25) is 19.3 Å². The molecule has 5 N–H and O–H groups in total. The van der Waals surface area contributed by atoms with E-state index >= 15 is 0 Å². The van der Waals surface area contributed by atoms with E-state index in [9.17, 15) is 29.5 Å². The molecule has 1 fully saturated rings. The second-order valence-corrected chi connectivity index (χ2v) is 9.33. The molecule has 0 unspecified atom stereocenters. The van der Waals surface area contributed by atoms with E-state index in [0.29, 0.717) is 0 Å². The maximum absolute atomic E-state index is 12.7. The van der Waals surface area contributed by atoms with Crippen LogP contribution in [0.4, 0.5) is 5.13 Å². The van der Waals surface area contributed by atoms with Gasteiger partial charge in [0.2, 0.25) is 0 Å².